The Morgan fingerprint density at radius 3 is 2.50 bits per heavy atom. The van der Waals surface area contributed by atoms with Crippen molar-refractivity contribution in [2.75, 3.05) is 7.11 Å². The van der Waals surface area contributed by atoms with E-state index in [0.717, 1.165) is 11.6 Å². The number of rotatable bonds is 6. The molecule has 0 amide bonds. The maximum Gasteiger partial charge on any atom is 0.336 e. The van der Waals surface area contributed by atoms with Crippen LogP contribution in [0.15, 0.2) is 42.5 Å². The Morgan fingerprint density at radius 1 is 1.27 bits per heavy atom. The molecule has 114 valence electrons. The van der Waals surface area contributed by atoms with Gasteiger partial charge >= 0.3 is 11.7 Å². The van der Waals surface area contributed by atoms with E-state index in [2.05, 4.69) is 0 Å². The molecule has 0 fully saturated rings. The van der Waals surface area contributed by atoms with Gasteiger partial charge in [0.15, 0.2) is 5.75 Å². The van der Waals surface area contributed by atoms with Crippen LogP contribution in [0.4, 0.5) is 5.69 Å². The maximum atomic E-state index is 11.2. The first-order valence-electron chi connectivity index (χ1n) is 6.29. The van der Waals surface area contributed by atoms with Gasteiger partial charge in [0.05, 0.1) is 17.6 Å². The van der Waals surface area contributed by atoms with Gasteiger partial charge in [-0.15, -0.1) is 0 Å². The first-order valence-corrected chi connectivity index (χ1v) is 6.29. The average Bonchev–Trinajstić information content (AvgIpc) is 2.52. The lowest BCUT2D eigenvalue weighted by Gasteiger charge is -2.12. The minimum Gasteiger partial charge on any atom is -0.493 e. The number of carbonyl (C=O) groups is 1. The Balaban J connectivity index is 2.39. The molecule has 0 unspecified atom stereocenters. The average molecular weight is 303 g/mol. The highest BCUT2D eigenvalue weighted by molar-refractivity contribution is 5.90. The van der Waals surface area contributed by atoms with Gasteiger partial charge in [-0.05, 0) is 11.6 Å². The van der Waals surface area contributed by atoms with Gasteiger partial charge in [-0.25, -0.2) is 4.79 Å². The van der Waals surface area contributed by atoms with E-state index >= 15 is 0 Å². The lowest BCUT2D eigenvalue weighted by Crippen LogP contribution is -2.05. The van der Waals surface area contributed by atoms with Crippen LogP contribution >= 0.6 is 0 Å². The molecule has 2 aromatic carbocycles. The second-order valence-corrected chi connectivity index (χ2v) is 4.36. The fourth-order valence-electron chi connectivity index (χ4n) is 1.87. The number of ether oxygens (including phenoxy) is 2. The van der Waals surface area contributed by atoms with Crippen LogP contribution in [0.5, 0.6) is 11.5 Å². The topological polar surface area (TPSA) is 98.9 Å². The lowest BCUT2D eigenvalue weighted by molar-refractivity contribution is -0.386. The Hall–Kier alpha value is -3.09. The Bertz CT molecular complexity index is 699. The van der Waals surface area contributed by atoms with Crippen molar-refractivity contribution in [3.63, 3.8) is 0 Å². The molecule has 2 rings (SSSR count). The van der Waals surface area contributed by atoms with Crippen molar-refractivity contribution >= 4 is 11.7 Å². The number of methoxy groups -OCH3 is 1. The van der Waals surface area contributed by atoms with Crippen LogP contribution in [0.1, 0.15) is 15.9 Å². The van der Waals surface area contributed by atoms with Crippen LogP contribution in [0.25, 0.3) is 0 Å². The molecular formula is C15H13NO6. The molecule has 0 radical (unpaired) electrons. The largest absolute Gasteiger partial charge is 0.493 e. The van der Waals surface area contributed by atoms with Crippen molar-refractivity contribution < 1.29 is 24.3 Å². The zero-order chi connectivity index (χ0) is 16.1. The number of benzene rings is 2. The van der Waals surface area contributed by atoms with Gasteiger partial charge in [0.2, 0.25) is 5.75 Å². The Morgan fingerprint density at radius 2 is 1.95 bits per heavy atom. The summed E-state index contributed by atoms with van der Waals surface area (Å²) in [5.74, 6) is -1.38. The molecular weight excluding hydrogens is 290 g/mol. The van der Waals surface area contributed by atoms with E-state index < -0.39 is 16.6 Å². The second kappa shape index (κ2) is 6.57. The minimum absolute atomic E-state index is 0.00234. The number of nitro benzene ring substituents is 1. The van der Waals surface area contributed by atoms with Crippen LogP contribution in [0, 0.1) is 10.1 Å². The lowest BCUT2D eigenvalue weighted by atomic mass is 10.1. The van der Waals surface area contributed by atoms with E-state index in [9.17, 15) is 14.9 Å². The molecule has 0 spiro atoms. The number of nitro groups is 1. The van der Waals surface area contributed by atoms with E-state index in [4.69, 9.17) is 14.6 Å². The number of hydrogen-bond acceptors (Lipinski definition) is 5. The van der Waals surface area contributed by atoms with E-state index in [0.29, 0.717) is 0 Å². The quantitative estimate of drug-likeness (QED) is 0.650. The van der Waals surface area contributed by atoms with Gasteiger partial charge in [0.25, 0.3) is 0 Å². The van der Waals surface area contributed by atoms with Crippen LogP contribution in [0.3, 0.4) is 0 Å². The summed E-state index contributed by atoms with van der Waals surface area (Å²) in [7, 11) is 1.29. The summed E-state index contributed by atoms with van der Waals surface area (Å²) in [5, 5.41) is 20.1. The molecule has 0 aliphatic heterocycles. The molecule has 0 aliphatic carbocycles. The number of carboxylic acids is 1. The predicted octanol–water partition coefficient (Wildman–Crippen LogP) is 2.88. The monoisotopic (exact) mass is 303 g/mol. The van der Waals surface area contributed by atoms with Crippen LogP contribution in [-0.4, -0.2) is 23.1 Å². The highest BCUT2D eigenvalue weighted by atomic mass is 16.6. The third-order valence-electron chi connectivity index (χ3n) is 2.92. The molecule has 7 heteroatoms. The molecule has 22 heavy (non-hydrogen) atoms. The van der Waals surface area contributed by atoms with Crippen LogP contribution < -0.4 is 9.47 Å². The highest BCUT2D eigenvalue weighted by Gasteiger charge is 2.24. The Labute approximate surface area is 125 Å². The predicted molar refractivity (Wildman–Crippen MR) is 77.4 cm³/mol. The maximum absolute atomic E-state index is 11.2. The van der Waals surface area contributed by atoms with Gasteiger partial charge in [-0.1, -0.05) is 30.3 Å². The molecule has 0 atom stereocenters. The summed E-state index contributed by atoms with van der Waals surface area (Å²) in [6.45, 7) is 0.102. The minimum atomic E-state index is -1.28. The number of carboxylic acid groups (broad SMARTS) is 1. The first kappa shape index (κ1) is 15.3. The summed E-state index contributed by atoms with van der Waals surface area (Å²) in [6, 6.07) is 11.2. The van der Waals surface area contributed by atoms with Crippen molar-refractivity contribution in [2.24, 2.45) is 0 Å². The SMILES string of the molecule is COc1cc(C(=O)O)cc([N+](=O)[O-])c1OCc1ccccc1. The van der Waals surface area contributed by atoms with Crippen LogP contribution in [0.2, 0.25) is 0 Å². The molecule has 2 aromatic rings. The second-order valence-electron chi connectivity index (χ2n) is 4.36. The summed E-state index contributed by atoms with van der Waals surface area (Å²) >= 11 is 0. The van der Waals surface area contributed by atoms with E-state index in [-0.39, 0.29) is 23.7 Å². The summed E-state index contributed by atoms with van der Waals surface area (Å²) in [6.07, 6.45) is 0. The molecule has 0 saturated carbocycles. The van der Waals surface area contributed by atoms with Crippen molar-refractivity contribution in [3.05, 3.63) is 63.7 Å². The van der Waals surface area contributed by atoms with Crippen molar-refractivity contribution in [3.8, 4) is 11.5 Å². The number of aromatic carboxylic acids is 1. The molecule has 1 N–H and O–H groups in total. The number of hydrogen-bond donors (Lipinski definition) is 1. The van der Waals surface area contributed by atoms with Gasteiger partial charge in [-0.3, -0.25) is 10.1 Å². The highest BCUT2D eigenvalue weighted by Crippen LogP contribution is 2.38. The van der Waals surface area contributed by atoms with Gasteiger partial charge in [-0.2, -0.15) is 0 Å². The first-order chi connectivity index (χ1) is 10.5. The smallest absolute Gasteiger partial charge is 0.336 e. The zero-order valence-electron chi connectivity index (χ0n) is 11.7. The third kappa shape index (κ3) is 3.32. The normalized spacial score (nSPS) is 10.0. The zero-order valence-corrected chi connectivity index (χ0v) is 11.7. The molecule has 0 saturated heterocycles. The van der Waals surface area contributed by atoms with E-state index in [1.807, 2.05) is 30.3 Å². The molecule has 0 aromatic heterocycles. The molecule has 0 aliphatic rings. The van der Waals surface area contributed by atoms with E-state index in [1.54, 1.807) is 0 Å². The van der Waals surface area contributed by atoms with Gasteiger partial charge < -0.3 is 14.6 Å². The van der Waals surface area contributed by atoms with Crippen LogP contribution in [-0.2, 0) is 6.61 Å². The number of nitrogens with zero attached hydrogens (tertiary/aromatic N) is 1. The molecule has 0 bridgehead atoms. The fraction of sp³-hybridized carbons (Fsp3) is 0.133. The van der Waals surface area contributed by atoms with Crippen molar-refractivity contribution in [1.29, 1.82) is 0 Å². The van der Waals surface area contributed by atoms with Crippen molar-refractivity contribution in [1.82, 2.24) is 0 Å². The van der Waals surface area contributed by atoms with E-state index in [1.165, 1.54) is 13.2 Å². The van der Waals surface area contributed by atoms with Gasteiger partial charge in [0, 0.05) is 6.07 Å². The Kier molecular flexibility index (Phi) is 4.57. The summed E-state index contributed by atoms with van der Waals surface area (Å²) in [5.41, 5.74) is 0.129. The van der Waals surface area contributed by atoms with Gasteiger partial charge in [0.1, 0.15) is 6.61 Å². The fourth-order valence-corrected chi connectivity index (χ4v) is 1.87. The summed E-state index contributed by atoms with van der Waals surface area (Å²) in [4.78, 5) is 21.5. The molecule has 7 nitrogen and oxygen atoms in total. The van der Waals surface area contributed by atoms with Crippen molar-refractivity contribution in [2.45, 2.75) is 6.61 Å². The standard InChI is InChI=1S/C15H13NO6/c1-21-13-8-11(15(17)18)7-12(16(19)20)14(13)22-9-10-5-3-2-4-6-10/h2-8H,9H2,1H3,(H,17,18). The summed E-state index contributed by atoms with van der Waals surface area (Å²) < 4.78 is 10.5. The third-order valence-corrected chi connectivity index (χ3v) is 2.92. The molecule has 0 heterocycles.